The summed E-state index contributed by atoms with van der Waals surface area (Å²) in [4.78, 5) is 12.4. The Balaban J connectivity index is 2.13. The molecule has 2 rings (SSSR count). The summed E-state index contributed by atoms with van der Waals surface area (Å²) in [5.74, 6) is -0.164. The van der Waals surface area contributed by atoms with E-state index >= 15 is 0 Å². The van der Waals surface area contributed by atoms with E-state index in [1.54, 1.807) is 14.0 Å². The summed E-state index contributed by atoms with van der Waals surface area (Å²) in [6.45, 7) is 1.73. The molecule has 0 spiro atoms. The maximum Gasteiger partial charge on any atom is 0.416 e. The van der Waals surface area contributed by atoms with Gasteiger partial charge < -0.3 is 0 Å². The van der Waals surface area contributed by atoms with Gasteiger partial charge in [-0.05, 0) is 31.2 Å². The van der Waals surface area contributed by atoms with E-state index in [-0.39, 0.29) is 5.91 Å². The molecule has 1 aromatic rings. The number of rotatable bonds is 2. The number of carbonyl (C=O) groups excluding carboxylic acids is 1. The minimum absolute atomic E-state index is 0.164. The third-order valence-electron chi connectivity index (χ3n) is 2.67. The number of hydrogen-bond acceptors (Lipinski definition) is 3. The minimum atomic E-state index is -4.34. The summed E-state index contributed by atoms with van der Waals surface area (Å²) in [5.41, 5.74) is -0.0468. The third-order valence-corrected chi connectivity index (χ3v) is 3.99. The minimum Gasteiger partial charge on any atom is -0.271 e. The van der Waals surface area contributed by atoms with Crippen molar-refractivity contribution >= 4 is 23.4 Å². The van der Waals surface area contributed by atoms with Crippen LogP contribution in [0.4, 0.5) is 13.2 Å². The van der Waals surface area contributed by atoms with Crippen LogP contribution in [0.1, 0.15) is 12.5 Å². The van der Waals surface area contributed by atoms with Gasteiger partial charge in [-0.25, -0.2) is 5.01 Å². The summed E-state index contributed by atoms with van der Waals surface area (Å²) in [5, 5.41) is 4.79. The number of benzene rings is 1. The molecule has 0 bridgehead atoms. The lowest BCUT2D eigenvalue weighted by Gasteiger charge is -2.11. The van der Waals surface area contributed by atoms with Crippen molar-refractivity contribution in [3.05, 3.63) is 29.8 Å². The smallest absolute Gasteiger partial charge is 0.271 e. The second-order valence-electron chi connectivity index (χ2n) is 4.12. The fourth-order valence-electron chi connectivity index (χ4n) is 1.68. The molecule has 1 aliphatic heterocycles. The lowest BCUT2D eigenvalue weighted by molar-refractivity contribution is -0.137. The van der Waals surface area contributed by atoms with Gasteiger partial charge in [0.2, 0.25) is 0 Å². The number of alkyl halides is 3. The van der Waals surface area contributed by atoms with E-state index in [9.17, 15) is 18.0 Å². The van der Waals surface area contributed by atoms with E-state index in [1.165, 1.54) is 28.9 Å². The van der Waals surface area contributed by atoms with E-state index < -0.39 is 17.0 Å². The highest BCUT2D eigenvalue weighted by Crippen LogP contribution is 2.33. The highest BCUT2D eigenvalue weighted by atomic mass is 32.2. The van der Waals surface area contributed by atoms with Gasteiger partial charge in [-0.2, -0.15) is 18.3 Å². The van der Waals surface area contributed by atoms with Crippen molar-refractivity contribution in [3.8, 4) is 0 Å². The topological polar surface area (TPSA) is 32.7 Å². The van der Waals surface area contributed by atoms with Crippen LogP contribution in [0.5, 0.6) is 0 Å². The number of halogens is 3. The molecular weight excluding hydrogens is 277 g/mol. The van der Waals surface area contributed by atoms with Gasteiger partial charge in [-0.1, -0.05) is 0 Å². The predicted octanol–water partition coefficient (Wildman–Crippen LogP) is 3.01. The molecule has 7 heteroatoms. The van der Waals surface area contributed by atoms with Crippen molar-refractivity contribution in [1.82, 2.24) is 5.01 Å². The molecule has 1 aliphatic rings. The van der Waals surface area contributed by atoms with Gasteiger partial charge >= 0.3 is 6.18 Å². The Kier molecular flexibility index (Phi) is 3.58. The first kappa shape index (κ1) is 13.9. The van der Waals surface area contributed by atoms with E-state index in [4.69, 9.17) is 0 Å². The van der Waals surface area contributed by atoms with E-state index in [1.807, 2.05) is 0 Å². The van der Waals surface area contributed by atoms with Crippen LogP contribution in [0.25, 0.3) is 0 Å². The van der Waals surface area contributed by atoms with Gasteiger partial charge in [0.15, 0.2) is 0 Å². The second kappa shape index (κ2) is 4.88. The molecular formula is C12H11F3N2OS. The normalized spacial score (nSPS) is 19.8. The molecule has 0 saturated carbocycles. The molecule has 0 fully saturated rings. The Labute approximate surface area is 112 Å². The Morgan fingerprint density at radius 3 is 2.26 bits per heavy atom. The molecule has 3 nitrogen and oxygen atoms in total. The van der Waals surface area contributed by atoms with Crippen LogP contribution in [0.15, 0.2) is 34.3 Å². The predicted molar refractivity (Wildman–Crippen MR) is 67.0 cm³/mol. The molecule has 1 unspecified atom stereocenters. The monoisotopic (exact) mass is 288 g/mol. The van der Waals surface area contributed by atoms with E-state index in [2.05, 4.69) is 5.10 Å². The van der Waals surface area contributed by atoms with Crippen LogP contribution in [-0.4, -0.2) is 28.9 Å². The zero-order valence-corrected chi connectivity index (χ0v) is 11.0. The maximum atomic E-state index is 12.4. The van der Waals surface area contributed by atoms with Crippen molar-refractivity contribution in [2.75, 3.05) is 7.05 Å². The van der Waals surface area contributed by atoms with Crippen molar-refractivity contribution in [3.63, 3.8) is 0 Å². The number of nitrogens with zero attached hydrogens (tertiary/aromatic N) is 2. The molecule has 102 valence electrons. The van der Waals surface area contributed by atoms with E-state index in [0.717, 1.165) is 12.1 Å². The first-order valence-corrected chi connectivity index (χ1v) is 6.33. The number of hydrazone groups is 1. The van der Waals surface area contributed by atoms with Crippen molar-refractivity contribution in [2.45, 2.75) is 23.2 Å². The number of amides is 1. The molecule has 1 heterocycles. The average Bonchev–Trinajstić information content (AvgIpc) is 2.56. The molecule has 0 radical (unpaired) electrons. The van der Waals surface area contributed by atoms with Gasteiger partial charge in [0, 0.05) is 11.9 Å². The quantitative estimate of drug-likeness (QED) is 0.838. The fourth-order valence-corrected chi connectivity index (χ4v) is 2.72. The number of carbonyl (C=O) groups is 1. The molecule has 0 aliphatic carbocycles. The van der Waals surface area contributed by atoms with Crippen LogP contribution < -0.4 is 0 Å². The summed E-state index contributed by atoms with van der Waals surface area (Å²) in [7, 11) is 1.55. The van der Waals surface area contributed by atoms with E-state index in [0.29, 0.717) is 10.6 Å². The highest BCUT2D eigenvalue weighted by molar-refractivity contribution is 8.01. The number of thioether (sulfide) groups is 1. The largest absolute Gasteiger partial charge is 0.416 e. The molecule has 0 saturated heterocycles. The Bertz CT molecular complexity index is 525. The molecule has 1 aromatic carbocycles. The lowest BCUT2D eigenvalue weighted by Crippen LogP contribution is -2.26. The molecule has 1 atom stereocenters. The van der Waals surface area contributed by atoms with Crippen LogP contribution in [0, 0.1) is 0 Å². The Morgan fingerprint density at radius 1 is 1.26 bits per heavy atom. The van der Waals surface area contributed by atoms with Gasteiger partial charge in [-0.15, -0.1) is 11.8 Å². The zero-order chi connectivity index (χ0) is 14.2. The van der Waals surface area contributed by atoms with Crippen LogP contribution in [0.3, 0.4) is 0 Å². The van der Waals surface area contributed by atoms with Gasteiger partial charge in [0.25, 0.3) is 5.91 Å². The van der Waals surface area contributed by atoms with Crippen molar-refractivity contribution in [2.24, 2.45) is 5.10 Å². The van der Waals surface area contributed by atoms with Crippen molar-refractivity contribution in [1.29, 1.82) is 0 Å². The van der Waals surface area contributed by atoms with Gasteiger partial charge in [0.1, 0.15) is 5.25 Å². The summed E-state index contributed by atoms with van der Waals surface area (Å²) in [6.07, 6.45) is -4.34. The first-order chi connectivity index (χ1) is 8.79. The molecule has 0 N–H and O–H groups in total. The summed E-state index contributed by atoms with van der Waals surface area (Å²) >= 11 is 1.20. The molecule has 0 aromatic heterocycles. The van der Waals surface area contributed by atoms with Crippen molar-refractivity contribution < 1.29 is 18.0 Å². The second-order valence-corrected chi connectivity index (χ2v) is 5.30. The van der Waals surface area contributed by atoms with Crippen LogP contribution in [0.2, 0.25) is 0 Å². The van der Waals surface area contributed by atoms with Crippen LogP contribution >= 0.6 is 11.8 Å². The highest BCUT2D eigenvalue weighted by Gasteiger charge is 2.33. The molecule has 19 heavy (non-hydrogen) atoms. The first-order valence-electron chi connectivity index (χ1n) is 5.45. The number of hydrogen-bond donors (Lipinski definition) is 0. The summed E-state index contributed by atoms with van der Waals surface area (Å²) in [6, 6.07) is 4.76. The van der Waals surface area contributed by atoms with Gasteiger partial charge in [0.05, 0.1) is 11.3 Å². The third kappa shape index (κ3) is 2.91. The lowest BCUT2D eigenvalue weighted by atomic mass is 10.2. The standard InChI is InChI=1S/C12H11F3N2OS/c1-7-10(11(18)17(2)16-7)19-9-5-3-8(4-6-9)12(13,14)15/h3-6,10H,1-2H3. The van der Waals surface area contributed by atoms with Crippen LogP contribution in [-0.2, 0) is 11.0 Å². The summed E-state index contributed by atoms with van der Waals surface area (Å²) < 4.78 is 37.2. The average molecular weight is 288 g/mol. The maximum absolute atomic E-state index is 12.4. The molecule has 1 amide bonds. The fraction of sp³-hybridized carbons (Fsp3) is 0.333. The van der Waals surface area contributed by atoms with Gasteiger partial charge in [-0.3, -0.25) is 4.79 Å². The SMILES string of the molecule is CC1=NN(C)C(=O)C1Sc1ccc(C(F)(F)F)cc1. The Morgan fingerprint density at radius 2 is 1.84 bits per heavy atom. The Hall–Kier alpha value is -1.50. The zero-order valence-electron chi connectivity index (χ0n) is 10.2.